The van der Waals surface area contributed by atoms with Gasteiger partial charge in [0.2, 0.25) is 94.5 Å². The predicted molar refractivity (Wildman–Crippen MR) is 527 cm³/mol. The highest BCUT2D eigenvalue weighted by Gasteiger charge is 2.40. The molecule has 53 nitrogen and oxygen atoms in total. The summed E-state index contributed by atoms with van der Waals surface area (Å²) in [6.45, 7) is 11.8. The Morgan fingerprint density at radius 2 is 0.664 bits per heavy atom. The van der Waals surface area contributed by atoms with E-state index < -0.39 is 322 Å². The summed E-state index contributed by atoms with van der Waals surface area (Å²) in [6.07, 6.45) is -6.87. The predicted octanol–water partition coefficient (Wildman–Crippen LogP) is -6.07. The van der Waals surface area contributed by atoms with Gasteiger partial charge in [0.05, 0.1) is 50.9 Å². The number of quaternary nitrogens is 1. The van der Waals surface area contributed by atoms with Crippen molar-refractivity contribution in [3.8, 4) is 5.75 Å². The van der Waals surface area contributed by atoms with Crippen LogP contribution < -0.4 is 113 Å². The minimum Gasteiger partial charge on any atom is -0.508 e. The molecule has 0 aliphatic rings. The number of nitrogens with one attached hydrogen (secondary N) is 19. The van der Waals surface area contributed by atoms with Crippen LogP contribution in [0.5, 0.6) is 5.75 Å². The molecule has 0 aliphatic heterocycles. The Hall–Kier alpha value is -15.7. The number of rotatable bonds is 70. The van der Waals surface area contributed by atoms with Gasteiger partial charge in [-0.1, -0.05) is 135 Å². The molecule has 4 aromatic rings. The number of carbonyl (C=O) groups is 23. The topological polar surface area (TPSA) is 859 Å². The van der Waals surface area contributed by atoms with Gasteiger partial charge in [0, 0.05) is 63.6 Å². The first kappa shape index (κ1) is 126. The van der Waals surface area contributed by atoms with Crippen LogP contribution in [0, 0.1) is 23.7 Å². The van der Waals surface area contributed by atoms with Crippen molar-refractivity contribution < 1.29 is 152 Å². The zero-order chi connectivity index (χ0) is 111. The average molecular weight is 2100 g/mol. The Balaban J connectivity index is 1.52. The van der Waals surface area contributed by atoms with E-state index >= 15 is 0 Å². The summed E-state index contributed by atoms with van der Waals surface area (Å²) in [5.41, 5.74) is 16.7. The smallest absolute Gasteiger partial charge is 0.305 e. The Kier molecular flexibility index (Phi) is 54.8. The maximum Gasteiger partial charge on any atom is 0.305 e. The zero-order valence-corrected chi connectivity index (χ0v) is 84.4. The van der Waals surface area contributed by atoms with Gasteiger partial charge in [-0.25, -0.2) is 4.98 Å². The van der Waals surface area contributed by atoms with Crippen molar-refractivity contribution in [3.63, 3.8) is 0 Å². The molecule has 17 amide bonds. The van der Waals surface area contributed by atoms with E-state index in [9.17, 15) is 146 Å². The van der Waals surface area contributed by atoms with Crippen LogP contribution in [0.1, 0.15) is 181 Å². The number of phenols is 1. The van der Waals surface area contributed by atoms with Crippen molar-refractivity contribution in [2.75, 3.05) is 26.2 Å². The van der Waals surface area contributed by atoms with Gasteiger partial charge in [0.1, 0.15) is 90.6 Å². The molecule has 33 N–H and O–H groups in total. The van der Waals surface area contributed by atoms with E-state index in [4.69, 9.17) is 11.5 Å². The lowest BCUT2D eigenvalue weighted by Crippen LogP contribution is -2.69. The fourth-order valence-electron chi connectivity index (χ4n) is 15.0. The molecule has 0 radical (unpaired) electrons. The lowest BCUT2D eigenvalue weighted by atomic mass is 9.97. The summed E-state index contributed by atoms with van der Waals surface area (Å²) in [4.78, 5) is 319. The molecule has 1 heterocycles. The van der Waals surface area contributed by atoms with Crippen LogP contribution in [-0.2, 0) is 136 Å². The number of H-pyrrole nitrogens is 1. The van der Waals surface area contributed by atoms with Crippen LogP contribution in [0.2, 0.25) is 0 Å². The average Bonchev–Trinajstić information content (AvgIpc) is 1.69. The monoisotopic (exact) mass is 2100 g/mol. The quantitative estimate of drug-likeness (QED) is 0.0144. The second kappa shape index (κ2) is 65.0. The summed E-state index contributed by atoms with van der Waals surface area (Å²) in [6, 6.07) is -1.78. The van der Waals surface area contributed by atoms with E-state index in [0.717, 1.165) is 0 Å². The van der Waals surface area contributed by atoms with Gasteiger partial charge in [-0.2, -0.15) is 0 Å². The number of aromatic hydroxyl groups is 1. The highest BCUT2D eigenvalue weighted by atomic mass is 16.4. The number of phenolic OH excluding ortho intramolecular Hbond substituents is 1. The van der Waals surface area contributed by atoms with Crippen molar-refractivity contribution in [2.24, 2.45) is 35.1 Å². The van der Waals surface area contributed by atoms with Crippen LogP contribution >= 0.6 is 0 Å². The van der Waals surface area contributed by atoms with Gasteiger partial charge in [0.25, 0.3) is 5.91 Å². The molecule has 0 unspecified atom stereocenters. The van der Waals surface area contributed by atoms with Crippen molar-refractivity contribution in [1.82, 2.24) is 106 Å². The minimum absolute atomic E-state index is 0.00871. The molecule has 53 heteroatoms. The van der Waals surface area contributed by atoms with Gasteiger partial charge < -0.3 is 148 Å². The SMILES string of the molecule is CC[C@H](C)[C@H](NC(=O)CNC(=O)[C@H](CCC(=O)O)NC(=O)CNC(=O)[C@H](CCC(=O)O)NC(=O)[C@H](CCC(=O)O)NC(=O)[C@H](CC(C)C)NC(=O)CNC(=O)[C@H](Cc1ccccc1)NC(=O)[C@H](Cc1c[nH]cn1)NC(=O)[C@H](Cc1ccc(O)cc1)NC(=O)[C@H](CC(=O)O)NC(=O)[C@@H]([NH3+])CC(C)C)C(=O)N[C@@H](CCCNC(N)N)C(=O)N[C@@H](CC(=O)O)C(=O)N[C@@H](CC(C)C)C(=O)N[C@@H](Cc1ccccc1)C(=O)N[C@H](C)CC(=O)O. The Morgan fingerprint density at radius 3 is 1.07 bits per heavy atom. The summed E-state index contributed by atoms with van der Waals surface area (Å²) < 4.78 is 0. The molecule has 820 valence electrons. The molecule has 4 rings (SSSR count). The molecule has 16 atom stereocenters. The molecule has 0 fully saturated rings. The third-order valence-corrected chi connectivity index (χ3v) is 22.8. The van der Waals surface area contributed by atoms with Crippen LogP contribution in [0.4, 0.5) is 0 Å². The molecule has 149 heavy (non-hydrogen) atoms. The number of aromatic amines is 1. The minimum atomic E-state index is -1.96. The third kappa shape index (κ3) is 49.9. The largest absolute Gasteiger partial charge is 0.508 e. The maximum atomic E-state index is 14.8. The fourth-order valence-corrected chi connectivity index (χ4v) is 15.0. The molecule has 0 saturated heterocycles. The first-order valence-electron chi connectivity index (χ1n) is 48.5. The summed E-state index contributed by atoms with van der Waals surface area (Å²) in [5, 5.41) is 112. The first-order chi connectivity index (χ1) is 70.2. The molecular weight excluding hydrogens is 1960 g/mol. The van der Waals surface area contributed by atoms with Crippen molar-refractivity contribution in [2.45, 2.75) is 281 Å². The van der Waals surface area contributed by atoms with Crippen molar-refractivity contribution in [1.29, 1.82) is 0 Å². The van der Waals surface area contributed by atoms with E-state index in [1.165, 1.54) is 50.6 Å². The molecule has 0 spiro atoms. The number of nitrogens with two attached hydrogens (primary N) is 2. The van der Waals surface area contributed by atoms with Gasteiger partial charge in [-0.3, -0.25) is 116 Å². The molecule has 3 aromatic carbocycles. The van der Waals surface area contributed by atoms with Gasteiger partial charge in [0.15, 0.2) is 6.04 Å². The van der Waals surface area contributed by atoms with Crippen molar-refractivity contribution in [3.05, 3.63) is 120 Å². The lowest BCUT2D eigenvalue weighted by Gasteiger charge is -2.28. The van der Waals surface area contributed by atoms with Gasteiger partial charge >= 0.3 is 35.8 Å². The van der Waals surface area contributed by atoms with Crippen LogP contribution in [-0.4, -0.2) is 305 Å². The first-order valence-corrected chi connectivity index (χ1v) is 48.5. The Labute approximate surface area is 858 Å². The standard InChI is InChI=1S/C96H141N23O30/c1-10-52(8)81(95(149)111-60(22-17-33-101-96(98)99)86(140)118-71(43-80(134)135)94(148)113-65(36-51(6)7)90(144)115-67(39-55-20-15-12-16-21-55)88(142)106-53(9)37-78(130)131)119-74(123)47-103-83(137)61(27-30-75(124)125)107-72(121)45-102-84(138)62(28-31-76(126)127)109-87(141)63(29-32-77(128)129)110-89(143)64(35-50(4)5)108-73(122)46-104-85(139)66(38-54-18-13-11-14-19-54)114-92(146)69(41-57-44-100-48-105-57)117-91(145)68(40-56-23-25-58(120)26-24-56)116-93(147)70(42-79(132)133)112-82(136)59(97)34-49(2)3/h11-16,18-21,23-26,44,48-53,59-71,81,96,101,120H,10,17,22,27-43,45-47,97-99H2,1-9H3,(H,100,105)(H,102,138)(H,103,137)(H,104,139)(H,106,142)(H,107,121)(H,108,122)(H,109,141)(H,110,143)(H,111,149)(H,112,136)(H,113,148)(H,114,146)(H,115,144)(H,116,147)(H,117,145)(H,118,140)(H,119,123)(H,124,125)(H,126,127)(H,128,129)(H,130,131)(H,132,133)(H,134,135)/p+1/t52-,53+,59-,60-,61-,62-,63-,64-,65-,66-,67-,68-,69-,70-,71-,81-/m0/s1. The van der Waals surface area contributed by atoms with Crippen LogP contribution in [0.15, 0.2) is 97.5 Å². The number of carboxylic acid groups (broad SMARTS) is 6. The maximum absolute atomic E-state index is 14.8. The van der Waals surface area contributed by atoms with E-state index in [-0.39, 0.29) is 94.0 Å². The van der Waals surface area contributed by atoms with E-state index in [1.54, 1.807) is 95.3 Å². The number of hydrogen-bond donors (Lipinski definition) is 29. The molecular formula is C96H142N23O30+. The normalized spacial score (nSPS) is 14.4. The molecule has 0 bridgehead atoms. The number of aliphatic carboxylic acids is 6. The fraction of sp³-hybridized carbons (Fsp3) is 0.542. The number of imidazole rings is 1. The Morgan fingerprint density at radius 1 is 0.342 bits per heavy atom. The van der Waals surface area contributed by atoms with Gasteiger partial charge in [-0.15, -0.1) is 0 Å². The summed E-state index contributed by atoms with van der Waals surface area (Å²) >= 11 is 0. The van der Waals surface area contributed by atoms with E-state index in [1.807, 2.05) is 13.8 Å². The number of benzene rings is 3. The Bertz CT molecular complexity index is 5190. The van der Waals surface area contributed by atoms with Crippen LogP contribution in [0.25, 0.3) is 0 Å². The van der Waals surface area contributed by atoms with E-state index in [0.29, 0.717) is 16.7 Å². The number of aromatic nitrogens is 2. The van der Waals surface area contributed by atoms with Crippen molar-refractivity contribution >= 4 is 136 Å². The number of carboxylic acids is 6. The molecule has 0 aliphatic carbocycles. The number of nitrogens with zero attached hydrogens (tertiary/aromatic N) is 1. The lowest BCUT2D eigenvalue weighted by molar-refractivity contribution is -0.406. The molecule has 1 aromatic heterocycles. The second-order valence-corrected chi connectivity index (χ2v) is 37.2. The summed E-state index contributed by atoms with van der Waals surface area (Å²) in [5.74, 6) is -29.0. The second-order valence-electron chi connectivity index (χ2n) is 37.2. The van der Waals surface area contributed by atoms with Gasteiger partial charge in [-0.05, 0) is 111 Å². The van der Waals surface area contributed by atoms with E-state index in [2.05, 4.69) is 111 Å². The number of carbonyl (C=O) groups excluding carboxylic acids is 17. The van der Waals surface area contributed by atoms with Crippen LogP contribution in [0.3, 0.4) is 0 Å². The number of amides is 17. The molecule has 0 saturated carbocycles. The highest BCUT2D eigenvalue weighted by molar-refractivity contribution is 6.02. The zero-order valence-electron chi connectivity index (χ0n) is 84.4. The third-order valence-electron chi connectivity index (χ3n) is 22.8. The number of hydrogen-bond acceptors (Lipinski definition) is 28. The highest BCUT2D eigenvalue weighted by Crippen LogP contribution is 2.19. The summed E-state index contributed by atoms with van der Waals surface area (Å²) in [7, 11) is 0.